The van der Waals surface area contributed by atoms with Crippen LogP contribution in [0.5, 0.6) is 0 Å². The summed E-state index contributed by atoms with van der Waals surface area (Å²) in [6.45, 7) is 4.24. The first-order chi connectivity index (χ1) is 11.4. The summed E-state index contributed by atoms with van der Waals surface area (Å²) in [5.74, 6) is -1.00. The van der Waals surface area contributed by atoms with Gasteiger partial charge in [-0.25, -0.2) is 4.79 Å². The van der Waals surface area contributed by atoms with Gasteiger partial charge < -0.3 is 19.3 Å². The molecular formula is C18H20O6. The van der Waals surface area contributed by atoms with Crippen molar-refractivity contribution in [3.8, 4) is 0 Å². The quantitative estimate of drug-likeness (QED) is 0.520. The molecule has 1 N–H and O–H groups in total. The van der Waals surface area contributed by atoms with E-state index in [4.69, 9.17) is 14.2 Å². The molecule has 0 unspecified atom stereocenters. The summed E-state index contributed by atoms with van der Waals surface area (Å²) >= 11 is 0. The van der Waals surface area contributed by atoms with Gasteiger partial charge in [0.05, 0.1) is 23.7 Å². The van der Waals surface area contributed by atoms with Crippen LogP contribution < -0.4 is 0 Å². The first-order valence-corrected chi connectivity index (χ1v) is 8.53. The molecule has 0 aromatic carbocycles. The van der Waals surface area contributed by atoms with Crippen LogP contribution in [0.4, 0.5) is 0 Å². The highest BCUT2D eigenvalue weighted by Gasteiger charge is 2.77. The number of esters is 2. The number of cyclic esters (lactones) is 2. The largest absolute Gasteiger partial charge is 0.461 e. The van der Waals surface area contributed by atoms with Crippen molar-refractivity contribution in [3.05, 3.63) is 23.3 Å². The van der Waals surface area contributed by atoms with E-state index in [9.17, 15) is 14.7 Å². The van der Waals surface area contributed by atoms with Gasteiger partial charge in [0, 0.05) is 12.0 Å². The zero-order valence-corrected chi connectivity index (χ0v) is 13.7. The Kier molecular flexibility index (Phi) is 2.62. The number of aliphatic hydroxyl groups is 1. The zero-order valence-electron chi connectivity index (χ0n) is 13.7. The first-order valence-electron chi connectivity index (χ1n) is 8.53. The second kappa shape index (κ2) is 4.29. The van der Waals surface area contributed by atoms with Crippen molar-refractivity contribution in [3.63, 3.8) is 0 Å². The molecule has 6 heteroatoms. The number of carbonyl (C=O) groups is 2. The fraction of sp³-hybridized carbons (Fsp3) is 0.667. The van der Waals surface area contributed by atoms with Crippen molar-refractivity contribution in [1.29, 1.82) is 0 Å². The number of rotatable bonds is 0. The lowest BCUT2D eigenvalue weighted by Gasteiger charge is -2.69. The summed E-state index contributed by atoms with van der Waals surface area (Å²) in [5, 5.41) is 11.3. The Morgan fingerprint density at radius 3 is 2.83 bits per heavy atom. The lowest BCUT2D eigenvalue weighted by Crippen LogP contribution is -2.78. The van der Waals surface area contributed by atoms with Gasteiger partial charge in [-0.1, -0.05) is 6.92 Å². The van der Waals surface area contributed by atoms with Gasteiger partial charge in [0.1, 0.15) is 18.6 Å². The van der Waals surface area contributed by atoms with Gasteiger partial charge in [0.2, 0.25) is 0 Å². The minimum absolute atomic E-state index is 0.0573. The summed E-state index contributed by atoms with van der Waals surface area (Å²) in [7, 11) is 0. The molecule has 0 amide bonds. The van der Waals surface area contributed by atoms with Crippen LogP contribution in [0.25, 0.3) is 0 Å². The van der Waals surface area contributed by atoms with Crippen molar-refractivity contribution in [2.75, 3.05) is 13.2 Å². The maximum absolute atomic E-state index is 13.0. The molecule has 24 heavy (non-hydrogen) atoms. The minimum Gasteiger partial charge on any atom is -0.461 e. The van der Waals surface area contributed by atoms with Crippen LogP contribution >= 0.6 is 0 Å². The molecule has 2 saturated heterocycles. The highest BCUT2D eigenvalue weighted by Crippen LogP contribution is 2.70. The maximum Gasteiger partial charge on any atom is 0.330 e. The summed E-state index contributed by atoms with van der Waals surface area (Å²) < 4.78 is 17.0. The molecule has 128 valence electrons. The van der Waals surface area contributed by atoms with E-state index in [0.29, 0.717) is 6.42 Å². The third kappa shape index (κ3) is 1.31. The van der Waals surface area contributed by atoms with Gasteiger partial charge in [-0.3, -0.25) is 4.79 Å². The fourth-order valence-electron chi connectivity index (χ4n) is 5.98. The normalized spacial score (nSPS) is 51.7. The van der Waals surface area contributed by atoms with Gasteiger partial charge in [0.25, 0.3) is 0 Å². The van der Waals surface area contributed by atoms with Gasteiger partial charge >= 0.3 is 11.9 Å². The number of aliphatic hydroxyl groups excluding tert-OH is 1. The standard InChI is InChI=1S/C18H20O6/c1-8-5-10-6-12(19)23-7-17(10)14(20)13-9(2)24-15(17)18(8)11(13)3-4-22-16(18)21/h3,6,8-9,13-15,20H,4-5,7H2,1-2H3/t8-,9+,13+,14-,15+,17-,18-/m0/s1. The van der Waals surface area contributed by atoms with Crippen molar-refractivity contribution < 1.29 is 28.9 Å². The fourth-order valence-corrected chi connectivity index (χ4v) is 5.98. The Morgan fingerprint density at radius 1 is 1.25 bits per heavy atom. The number of carbonyl (C=O) groups excluding carboxylic acids is 2. The van der Waals surface area contributed by atoms with Crippen molar-refractivity contribution in [1.82, 2.24) is 0 Å². The van der Waals surface area contributed by atoms with Crippen LogP contribution in [-0.2, 0) is 23.8 Å². The van der Waals surface area contributed by atoms with E-state index in [2.05, 4.69) is 0 Å². The van der Waals surface area contributed by atoms with E-state index in [1.54, 1.807) is 0 Å². The van der Waals surface area contributed by atoms with E-state index in [1.807, 2.05) is 19.9 Å². The van der Waals surface area contributed by atoms with Crippen LogP contribution in [0, 0.1) is 22.7 Å². The molecule has 4 bridgehead atoms. The predicted molar refractivity (Wildman–Crippen MR) is 80.6 cm³/mol. The van der Waals surface area contributed by atoms with Gasteiger partial charge in [-0.05, 0) is 36.5 Å². The number of ether oxygens (including phenoxy) is 3. The Balaban J connectivity index is 1.81. The SMILES string of the molecule is C[C@H]1O[C@@H]2[C@@]34COC(=O)C=C3C[C@H](C)[C@@]23C(=O)OCC=C3[C@@H]1[C@@H]4O. The lowest BCUT2D eigenvalue weighted by atomic mass is 9.40. The van der Waals surface area contributed by atoms with Crippen LogP contribution in [0.3, 0.4) is 0 Å². The van der Waals surface area contributed by atoms with Crippen molar-refractivity contribution in [2.24, 2.45) is 22.7 Å². The van der Waals surface area contributed by atoms with Gasteiger partial charge in [0.15, 0.2) is 0 Å². The average Bonchev–Trinajstić information content (AvgIpc) is 2.53. The van der Waals surface area contributed by atoms with Crippen LogP contribution in [0.2, 0.25) is 0 Å². The van der Waals surface area contributed by atoms with E-state index < -0.39 is 23.0 Å². The highest BCUT2D eigenvalue weighted by atomic mass is 16.6. The number of hydrogen-bond donors (Lipinski definition) is 1. The van der Waals surface area contributed by atoms with E-state index in [-0.39, 0.29) is 43.1 Å². The monoisotopic (exact) mass is 332 g/mol. The zero-order chi connectivity index (χ0) is 16.9. The molecule has 4 heterocycles. The Labute approximate surface area is 139 Å². The van der Waals surface area contributed by atoms with Crippen LogP contribution in [-0.4, -0.2) is 48.6 Å². The molecule has 6 nitrogen and oxygen atoms in total. The van der Waals surface area contributed by atoms with Crippen molar-refractivity contribution in [2.45, 2.75) is 38.6 Å². The molecule has 4 aliphatic heterocycles. The molecule has 2 spiro atoms. The molecular weight excluding hydrogens is 312 g/mol. The molecule has 6 rings (SSSR count). The number of hydrogen-bond acceptors (Lipinski definition) is 6. The topological polar surface area (TPSA) is 82.1 Å². The lowest BCUT2D eigenvalue weighted by molar-refractivity contribution is -0.290. The summed E-state index contributed by atoms with van der Waals surface area (Å²) in [4.78, 5) is 24.7. The second-order valence-electron chi connectivity index (χ2n) is 7.74. The van der Waals surface area contributed by atoms with E-state index >= 15 is 0 Å². The molecule has 4 fully saturated rings. The Hall–Kier alpha value is -1.66. The van der Waals surface area contributed by atoms with Gasteiger partial charge in [-0.2, -0.15) is 0 Å². The maximum atomic E-state index is 13.0. The van der Waals surface area contributed by atoms with Crippen molar-refractivity contribution >= 4 is 11.9 Å². The smallest absolute Gasteiger partial charge is 0.330 e. The van der Waals surface area contributed by atoms with Gasteiger partial charge in [-0.15, -0.1) is 0 Å². The summed E-state index contributed by atoms with van der Waals surface area (Å²) in [6, 6.07) is 0. The van der Waals surface area contributed by atoms with E-state index in [0.717, 1.165) is 11.1 Å². The Bertz CT molecular complexity index is 723. The molecule has 6 aliphatic rings. The number of fused-ring (bicyclic) bond motifs is 1. The minimum atomic E-state index is -0.879. The molecule has 7 atom stereocenters. The van der Waals surface area contributed by atoms with E-state index in [1.165, 1.54) is 6.08 Å². The van der Waals surface area contributed by atoms with Crippen LogP contribution in [0.1, 0.15) is 20.3 Å². The second-order valence-corrected chi connectivity index (χ2v) is 7.74. The summed E-state index contributed by atoms with van der Waals surface area (Å²) in [5.41, 5.74) is 0.0916. The predicted octanol–water partition coefficient (Wildman–Crippen LogP) is 0.743. The third-order valence-corrected chi connectivity index (χ3v) is 6.94. The Morgan fingerprint density at radius 2 is 2.04 bits per heavy atom. The highest BCUT2D eigenvalue weighted by molar-refractivity contribution is 5.88. The molecule has 0 aromatic heterocycles. The average molecular weight is 332 g/mol. The first kappa shape index (κ1) is 14.7. The molecule has 2 aliphatic carbocycles. The molecule has 2 saturated carbocycles. The van der Waals surface area contributed by atoms with Crippen LogP contribution in [0.15, 0.2) is 23.3 Å². The third-order valence-electron chi connectivity index (χ3n) is 6.94. The molecule has 0 radical (unpaired) electrons. The summed E-state index contributed by atoms with van der Waals surface area (Å²) in [6.07, 6.45) is 2.51. The molecule has 0 aromatic rings.